The molecular weight excluding hydrogens is 264 g/mol. The number of likely N-dealkylation sites (tertiary alicyclic amines) is 1. The fourth-order valence-corrected chi connectivity index (χ4v) is 3.50. The maximum Gasteiger partial charge on any atom is 0.229 e. The maximum atomic E-state index is 12.9. The minimum atomic E-state index is -0.0701. The first-order valence-corrected chi connectivity index (χ1v) is 7.93. The molecule has 21 heavy (non-hydrogen) atoms. The van der Waals surface area contributed by atoms with Gasteiger partial charge >= 0.3 is 0 Å². The van der Waals surface area contributed by atoms with Gasteiger partial charge in [-0.2, -0.15) is 0 Å². The summed E-state index contributed by atoms with van der Waals surface area (Å²) in [7, 11) is 0. The molecule has 0 spiro atoms. The van der Waals surface area contributed by atoms with Gasteiger partial charge in [-0.15, -0.1) is 0 Å². The third-order valence-electron chi connectivity index (χ3n) is 4.67. The highest BCUT2D eigenvalue weighted by Gasteiger charge is 2.35. The van der Waals surface area contributed by atoms with Crippen LogP contribution in [0.5, 0.6) is 5.75 Å². The van der Waals surface area contributed by atoms with Gasteiger partial charge in [0.2, 0.25) is 5.91 Å². The van der Waals surface area contributed by atoms with Crippen molar-refractivity contribution in [2.75, 3.05) is 13.2 Å². The molecule has 3 rings (SSSR count). The molecule has 0 aliphatic carbocycles. The summed E-state index contributed by atoms with van der Waals surface area (Å²) in [4.78, 5) is 14.9. The predicted octanol–water partition coefficient (Wildman–Crippen LogP) is 1.97. The fourth-order valence-electron chi connectivity index (χ4n) is 3.50. The van der Waals surface area contributed by atoms with Crippen molar-refractivity contribution < 1.29 is 9.53 Å². The van der Waals surface area contributed by atoms with Crippen LogP contribution in [0.25, 0.3) is 0 Å². The quantitative estimate of drug-likeness (QED) is 0.905. The molecule has 1 saturated heterocycles. The molecule has 0 aromatic heterocycles. The van der Waals surface area contributed by atoms with Gasteiger partial charge in [-0.25, -0.2) is 0 Å². The Morgan fingerprint density at radius 2 is 2.19 bits per heavy atom. The molecule has 0 bridgehead atoms. The zero-order chi connectivity index (χ0) is 14.8. The average Bonchev–Trinajstić information content (AvgIpc) is 2.53. The van der Waals surface area contributed by atoms with Crippen LogP contribution in [-0.4, -0.2) is 36.0 Å². The standard InChI is InChI=1S/C17H24N2O2/c1-12(18)15-7-4-5-9-19(15)17(20)14-10-13-6-2-3-8-16(13)21-11-14/h2-3,6,8,12,14-15H,4-5,7,9-11,18H2,1H3. The highest BCUT2D eigenvalue weighted by molar-refractivity contribution is 5.80. The summed E-state index contributed by atoms with van der Waals surface area (Å²) in [6.07, 6.45) is 4.05. The number of amides is 1. The number of piperidine rings is 1. The topological polar surface area (TPSA) is 55.6 Å². The van der Waals surface area contributed by atoms with Crippen molar-refractivity contribution in [2.24, 2.45) is 11.7 Å². The molecule has 0 radical (unpaired) electrons. The molecule has 1 aromatic carbocycles. The van der Waals surface area contributed by atoms with E-state index >= 15 is 0 Å². The zero-order valence-electron chi connectivity index (χ0n) is 12.6. The van der Waals surface area contributed by atoms with Crippen LogP contribution < -0.4 is 10.5 Å². The summed E-state index contributed by atoms with van der Waals surface area (Å²) in [5.41, 5.74) is 7.21. The van der Waals surface area contributed by atoms with Crippen LogP contribution >= 0.6 is 0 Å². The molecule has 2 aliphatic heterocycles. The highest BCUT2D eigenvalue weighted by Crippen LogP contribution is 2.29. The Morgan fingerprint density at radius 1 is 1.38 bits per heavy atom. The van der Waals surface area contributed by atoms with Gasteiger partial charge in [0.15, 0.2) is 0 Å². The molecule has 4 nitrogen and oxygen atoms in total. The van der Waals surface area contributed by atoms with Crippen LogP contribution in [-0.2, 0) is 11.2 Å². The third-order valence-corrected chi connectivity index (χ3v) is 4.67. The minimum absolute atomic E-state index is 0.0334. The first-order chi connectivity index (χ1) is 10.2. The predicted molar refractivity (Wildman–Crippen MR) is 82.1 cm³/mol. The van der Waals surface area contributed by atoms with Gasteiger partial charge < -0.3 is 15.4 Å². The number of benzene rings is 1. The molecule has 2 N–H and O–H groups in total. The first kappa shape index (κ1) is 14.4. The lowest BCUT2D eigenvalue weighted by Gasteiger charge is -2.40. The minimum Gasteiger partial charge on any atom is -0.492 e. The summed E-state index contributed by atoms with van der Waals surface area (Å²) in [6.45, 7) is 3.32. The number of hydrogen-bond donors (Lipinski definition) is 1. The molecule has 1 aromatic rings. The molecule has 1 fully saturated rings. The Bertz CT molecular complexity index is 515. The second kappa shape index (κ2) is 6.06. The number of para-hydroxylation sites is 1. The van der Waals surface area contributed by atoms with Crippen molar-refractivity contribution in [3.05, 3.63) is 29.8 Å². The van der Waals surface area contributed by atoms with E-state index in [1.165, 1.54) is 6.42 Å². The van der Waals surface area contributed by atoms with Gasteiger partial charge in [-0.05, 0) is 44.2 Å². The van der Waals surface area contributed by atoms with Gasteiger partial charge in [0, 0.05) is 18.6 Å². The summed E-state index contributed by atoms with van der Waals surface area (Å²) >= 11 is 0. The molecule has 1 amide bonds. The third kappa shape index (κ3) is 2.91. The zero-order valence-corrected chi connectivity index (χ0v) is 12.6. The van der Waals surface area contributed by atoms with E-state index in [9.17, 15) is 4.79 Å². The smallest absolute Gasteiger partial charge is 0.229 e. The van der Waals surface area contributed by atoms with Gasteiger partial charge in [0.25, 0.3) is 0 Å². The van der Waals surface area contributed by atoms with Crippen LogP contribution in [0, 0.1) is 5.92 Å². The van der Waals surface area contributed by atoms with Crippen molar-refractivity contribution in [1.82, 2.24) is 4.90 Å². The highest BCUT2D eigenvalue weighted by atomic mass is 16.5. The number of nitrogens with two attached hydrogens (primary N) is 1. The average molecular weight is 288 g/mol. The second-order valence-corrected chi connectivity index (χ2v) is 6.27. The van der Waals surface area contributed by atoms with Crippen LogP contribution in [0.1, 0.15) is 31.7 Å². The van der Waals surface area contributed by atoms with E-state index in [-0.39, 0.29) is 23.9 Å². The summed E-state index contributed by atoms with van der Waals surface area (Å²) in [5.74, 6) is 1.06. The van der Waals surface area contributed by atoms with E-state index in [2.05, 4.69) is 0 Å². The summed E-state index contributed by atoms with van der Waals surface area (Å²) in [6, 6.07) is 8.21. The largest absolute Gasteiger partial charge is 0.492 e. The van der Waals surface area contributed by atoms with Crippen molar-refractivity contribution in [1.29, 1.82) is 0 Å². The Kier molecular flexibility index (Phi) is 4.15. The van der Waals surface area contributed by atoms with E-state index in [0.717, 1.165) is 37.1 Å². The number of carbonyl (C=O) groups is 1. The first-order valence-electron chi connectivity index (χ1n) is 7.93. The molecule has 4 heteroatoms. The normalized spacial score (nSPS) is 26.7. The fraction of sp³-hybridized carbons (Fsp3) is 0.588. The van der Waals surface area contributed by atoms with E-state index in [4.69, 9.17) is 10.5 Å². The molecule has 3 unspecified atom stereocenters. The van der Waals surface area contributed by atoms with E-state index in [1.807, 2.05) is 36.1 Å². The molecule has 2 aliphatic rings. The number of ether oxygens (including phenoxy) is 1. The monoisotopic (exact) mass is 288 g/mol. The van der Waals surface area contributed by atoms with Crippen LogP contribution in [0.2, 0.25) is 0 Å². The summed E-state index contributed by atoms with van der Waals surface area (Å²) in [5, 5.41) is 0. The molecule has 0 saturated carbocycles. The van der Waals surface area contributed by atoms with Crippen LogP contribution in [0.4, 0.5) is 0 Å². The van der Waals surface area contributed by atoms with Crippen LogP contribution in [0.3, 0.4) is 0 Å². The number of rotatable bonds is 2. The van der Waals surface area contributed by atoms with Crippen LogP contribution in [0.15, 0.2) is 24.3 Å². The van der Waals surface area contributed by atoms with E-state index in [1.54, 1.807) is 0 Å². The summed E-state index contributed by atoms with van der Waals surface area (Å²) < 4.78 is 5.76. The lowest BCUT2D eigenvalue weighted by atomic mass is 9.91. The molecular formula is C17H24N2O2. The van der Waals surface area contributed by atoms with Crippen molar-refractivity contribution in [3.8, 4) is 5.75 Å². The Balaban J connectivity index is 1.73. The maximum absolute atomic E-state index is 12.9. The Labute approximate surface area is 126 Å². The Hall–Kier alpha value is -1.55. The number of fused-ring (bicyclic) bond motifs is 1. The van der Waals surface area contributed by atoms with Gasteiger partial charge in [0.1, 0.15) is 12.4 Å². The van der Waals surface area contributed by atoms with Gasteiger partial charge in [-0.1, -0.05) is 18.2 Å². The van der Waals surface area contributed by atoms with E-state index < -0.39 is 0 Å². The second-order valence-electron chi connectivity index (χ2n) is 6.27. The lowest BCUT2D eigenvalue weighted by Crippen LogP contribution is -2.54. The number of carbonyl (C=O) groups excluding carboxylic acids is 1. The lowest BCUT2D eigenvalue weighted by molar-refractivity contribution is -0.141. The number of nitrogens with zero attached hydrogens (tertiary/aromatic N) is 1. The van der Waals surface area contributed by atoms with E-state index in [0.29, 0.717) is 6.61 Å². The molecule has 114 valence electrons. The van der Waals surface area contributed by atoms with Crippen molar-refractivity contribution in [3.63, 3.8) is 0 Å². The molecule has 2 heterocycles. The van der Waals surface area contributed by atoms with Gasteiger partial charge in [-0.3, -0.25) is 4.79 Å². The van der Waals surface area contributed by atoms with Crippen molar-refractivity contribution in [2.45, 2.75) is 44.7 Å². The SMILES string of the molecule is CC(N)C1CCCCN1C(=O)C1COc2ccccc2C1. The Morgan fingerprint density at radius 3 is 3.00 bits per heavy atom. The molecule has 3 atom stereocenters. The van der Waals surface area contributed by atoms with Gasteiger partial charge in [0.05, 0.1) is 5.92 Å². The van der Waals surface area contributed by atoms with Crippen molar-refractivity contribution >= 4 is 5.91 Å². The number of hydrogen-bond acceptors (Lipinski definition) is 3.